The third-order valence-corrected chi connectivity index (χ3v) is 4.15. The Morgan fingerprint density at radius 2 is 1.94 bits per heavy atom. The highest BCUT2D eigenvalue weighted by molar-refractivity contribution is 7.98. The Kier molecular flexibility index (Phi) is 5.50. The number of morpholine rings is 1. The van der Waals surface area contributed by atoms with Crippen LogP contribution in [0.2, 0.25) is 0 Å². The van der Waals surface area contributed by atoms with Gasteiger partial charge in [0.05, 0.1) is 19.8 Å². The molecule has 1 N–H and O–H groups in total. The molecule has 4 heteroatoms. The average molecular weight is 267 g/mol. The summed E-state index contributed by atoms with van der Waals surface area (Å²) in [6, 6.07) is 8.83. The van der Waals surface area contributed by atoms with E-state index in [4.69, 9.17) is 4.74 Å². The molecule has 1 aliphatic heterocycles. The quantitative estimate of drug-likeness (QED) is 0.822. The van der Waals surface area contributed by atoms with Crippen molar-refractivity contribution in [1.82, 2.24) is 4.90 Å². The fourth-order valence-corrected chi connectivity index (χ4v) is 2.69. The molecule has 1 saturated heterocycles. The molecule has 0 bridgehead atoms. The van der Waals surface area contributed by atoms with Crippen LogP contribution in [-0.4, -0.2) is 55.2 Å². The van der Waals surface area contributed by atoms with Crippen LogP contribution in [0.25, 0.3) is 0 Å². The molecular weight excluding hydrogens is 246 g/mol. The van der Waals surface area contributed by atoms with Crippen LogP contribution in [0.5, 0.6) is 0 Å². The van der Waals surface area contributed by atoms with E-state index in [1.54, 1.807) is 11.8 Å². The van der Waals surface area contributed by atoms with Gasteiger partial charge in [-0.2, -0.15) is 0 Å². The first-order valence-corrected chi connectivity index (χ1v) is 7.61. The van der Waals surface area contributed by atoms with E-state index in [2.05, 4.69) is 35.4 Å². The zero-order valence-corrected chi connectivity index (χ0v) is 11.7. The molecule has 1 aromatic rings. The summed E-state index contributed by atoms with van der Waals surface area (Å²) in [7, 11) is 0. The number of rotatable bonds is 5. The Morgan fingerprint density at radius 1 is 1.28 bits per heavy atom. The van der Waals surface area contributed by atoms with Gasteiger partial charge in [0.15, 0.2) is 0 Å². The second-order valence-electron chi connectivity index (χ2n) is 4.54. The number of aliphatic hydroxyl groups is 1. The topological polar surface area (TPSA) is 32.7 Å². The van der Waals surface area contributed by atoms with Gasteiger partial charge in [0.25, 0.3) is 0 Å². The lowest BCUT2D eigenvalue weighted by Gasteiger charge is -2.33. The number of ether oxygens (including phenoxy) is 1. The number of aliphatic hydroxyl groups excluding tert-OH is 1. The minimum absolute atomic E-state index is 0.213. The zero-order chi connectivity index (χ0) is 12.8. The van der Waals surface area contributed by atoms with E-state index in [1.165, 1.54) is 10.5 Å². The smallest absolute Gasteiger partial charge is 0.0594 e. The van der Waals surface area contributed by atoms with Crippen LogP contribution in [0, 0.1) is 0 Å². The van der Waals surface area contributed by atoms with Crippen LogP contribution in [0.4, 0.5) is 0 Å². The van der Waals surface area contributed by atoms with Crippen LogP contribution in [0.15, 0.2) is 29.2 Å². The summed E-state index contributed by atoms with van der Waals surface area (Å²) in [4.78, 5) is 3.61. The van der Waals surface area contributed by atoms with E-state index in [9.17, 15) is 5.11 Å². The van der Waals surface area contributed by atoms with Crippen molar-refractivity contribution in [3.63, 3.8) is 0 Å². The highest BCUT2D eigenvalue weighted by atomic mass is 32.2. The molecule has 18 heavy (non-hydrogen) atoms. The molecule has 3 nitrogen and oxygen atoms in total. The summed E-state index contributed by atoms with van der Waals surface area (Å²) in [5, 5.41) is 9.55. The molecule has 0 spiro atoms. The Bertz CT molecular complexity index is 349. The van der Waals surface area contributed by atoms with Crippen LogP contribution in [0.1, 0.15) is 5.56 Å². The van der Waals surface area contributed by atoms with E-state index in [1.807, 2.05) is 0 Å². The van der Waals surface area contributed by atoms with Gasteiger partial charge in [-0.3, -0.25) is 4.90 Å². The summed E-state index contributed by atoms with van der Waals surface area (Å²) in [6.45, 7) is 3.62. The predicted octanol–water partition coefficient (Wildman–Crippen LogP) is 1.64. The average Bonchev–Trinajstić information content (AvgIpc) is 2.46. The Labute approximate surface area is 113 Å². The Morgan fingerprint density at radius 3 is 2.50 bits per heavy atom. The molecule has 0 saturated carbocycles. The van der Waals surface area contributed by atoms with E-state index in [0.29, 0.717) is 0 Å². The standard InChI is InChI=1S/C14H21NO2S/c1-18-14-4-2-12(3-5-14)10-13(11-16)15-6-8-17-9-7-15/h2-5,13,16H,6-11H2,1H3. The Hall–Kier alpha value is -0.550. The molecule has 100 valence electrons. The fraction of sp³-hybridized carbons (Fsp3) is 0.571. The maximum atomic E-state index is 9.55. The highest BCUT2D eigenvalue weighted by Gasteiger charge is 2.20. The van der Waals surface area contributed by atoms with Crippen LogP contribution in [0.3, 0.4) is 0 Å². The molecule has 2 rings (SSSR count). The van der Waals surface area contributed by atoms with Crippen LogP contribution >= 0.6 is 11.8 Å². The van der Waals surface area contributed by atoms with Gasteiger partial charge in [-0.1, -0.05) is 12.1 Å². The number of thioether (sulfide) groups is 1. The van der Waals surface area contributed by atoms with Gasteiger partial charge >= 0.3 is 0 Å². The lowest BCUT2D eigenvalue weighted by molar-refractivity contribution is 0.00341. The molecule has 1 aliphatic rings. The van der Waals surface area contributed by atoms with Gasteiger partial charge in [0, 0.05) is 24.0 Å². The van der Waals surface area contributed by atoms with E-state index >= 15 is 0 Å². The lowest BCUT2D eigenvalue weighted by atomic mass is 10.0. The van der Waals surface area contributed by atoms with Crippen molar-refractivity contribution in [3.8, 4) is 0 Å². The van der Waals surface area contributed by atoms with E-state index < -0.39 is 0 Å². The molecule has 1 atom stereocenters. The van der Waals surface area contributed by atoms with Crippen molar-refractivity contribution in [2.45, 2.75) is 17.4 Å². The van der Waals surface area contributed by atoms with Crippen molar-refractivity contribution in [1.29, 1.82) is 0 Å². The van der Waals surface area contributed by atoms with Gasteiger partial charge in [0.2, 0.25) is 0 Å². The first kappa shape index (κ1) is 13.9. The second-order valence-corrected chi connectivity index (χ2v) is 5.42. The molecule has 0 aliphatic carbocycles. The van der Waals surface area contributed by atoms with Crippen molar-refractivity contribution >= 4 is 11.8 Å². The van der Waals surface area contributed by atoms with Crippen molar-refractivity contribution in [2.24, 2.45) is 0 Å². The largest absolute Gasteiger partial charge is 0.395 e. The third kappa shape index (κ3) is 3.72. The minimum atomic E-state index is 0.213. The number of nitrogens with zero attached hydrogens (tertiary/aromatic N) is 1. The second kappa shape index (κ2) is 7.14. The van der Waals surface area contributed by atoms with E-state index in [0.717, 1.165) is 32.7 Å². The molecule has 1 unspecified atom stereocenters. The van der Waals surface area contributed by atoms with Gasteiger partial charge < -0.3 is 9.84 Å². The molecule has 1 fully saturated rings. The van der Waals surface area contributed by atoms with E-state index in [-0.39, 0.29) is 12.6 Å². The minimum Gasteiger partial charge on any atom is -0.395 e. The Balaban J connectivity index is 1.95. The number of benzene rings is 1. The summed E-state index contributed by atoms with van der Waals surface area (Å²) >= 11 is 1.75. The summed E-state index contributed by atoms with van der Waals surface area (Å²) in [5.74, 6) is 0. The number of hydrogen-bond donors (Lipinski definition) is 1. The van der Waals surface area contributed by atoms with Gasteiger partial charge in [0.1, 0.15) is 0 Å². The summed E-state index contributed by atoms with van der Waals surface area (Å²) in [6.07, 6.45) is 2.99. The normalized spacial score (nSPS) is 18.8. The SMILES string of the molecule is CSc1ccc(CC(CO)N2CCOCC2)cc1. The monoisotopic (exact) mass is 267 g/mol. The number of hydrogen-bond acceptors (Lipinski definition) is 4. The maximum Gasteiger partial charge on any atom is 0.0594 e. The van der Waals surface area contributed by atoms with Crippen LogP contribution in [-0.2, 0) is 11.2 Å². The highest BCUT2D eigenvalue weighted by Crippen LogP contribution is 2.17. The molecular formula is C14H21NO2S. The van der Waals surface area contributed by atoms with Crippen molar-refractivity contribution in [3.05, 3.63) is 29.8 Å². The third-order valence-electron chi connectivity index (χ3n) is 3.40. The van der Waals surface area contributed by atoms with Gasteiger partial charge in [-0.25, -0.2) is 0 Å². The zero-order valence-electron chi connectivity index (χ0n) is 10.8. The molecule has 1 heterocycles. The van der Waals surface area contributed by atoms with Gasteiger partial charge in [-0.15, -0.1) is 11.8 Å². The van der Waals surface area contributed by atoms with Crippen molar-refractivity contribution < 1.29 is 9.84 Å². The van der Waals surface area contributed by atoms with Crippen LogP contribution < -0.4 is 0 Å². The maximum absolute atomic E-state index is 9.55. The van der Waals surface area contributed by atoms with Gasteiger partial charge in [-0.05, 0) is 30.4 Å². The molecule has 0 radical (unpaired) electrons. The first-order chi connectivity index (χ1) is 8.83. The molecule has 0 amide bonds. The fourth-order valence-electron chi connectivity index (χ4n) is 2.29. The first-order valence-electron chi connectivity index (χ1n) is 6.39. The summed E-state index contributed by atoms with van der Waals surface area (Å²) < 4.78 is 5.35. The van der Waals surface area contributed by atoms with Crippen molar-refractivity contribution in [2.75, 3.05) is 39.2 Å². The lowest BCUT2D eigenvalue weighted by Crippen LogP contribution is -2.46. The molecule has 1 aromatic carbocycles. The predicted molar refractivity (Wildman–Crippen MR) is 75.2 cm³/mol. The summed E-state index contributed by atoms with van der Waals surface area (Å²) in [5.41, 5.74) is 1.29. The molecule has 0 aromatic heterocycles.